The van der Waals surface area contributed by atoms with Crippen LogP contribution in [-0.4, -0.2) is 21.5 Å². The lowest BCUT2D eigenvalue weighted by Gasteiger charge is -2.11. The summed E-state index contributed by atoms with van der Waals surface area (Å²) in [6.45, 7) is 4.08. The van der Waals surface area contributed by atoms with Crippen LogP contribution in [-0.2, 0) is 7.05 Å². The number of amides is 1. The van der Waals surface area contributed by atoms with Gasteiger partial charge in [-0.25, -0.2) is 4.98 Å². The topological polar surface area (TPSA) is 46.9 Å². The highest BCUT2D eigenvalue weighted by atomic mass is 16.1. The van der Waals surface area contributed by atoms with Crippen molar-refractivity contribution in [1.82, 2.24) is 14.9 Å². The van der Waals surface area contributed by atoms with Crippen molar-refractivity contribution in [2.75, 3.05) is 0 Å². The fraction of sp³-hybridized carbons (Fsp3) is 0.500. The molecule has 3 rings (SSSR count). The molecule has 1 N–H and O–H groups in total. The third kappa shape index (κ3) is 2.30. The maximum Gasteiger partial charge on any atom is 0.251 e. The number of benzene rings is 1. The van der Waals surface area contributed by atoms with Gasteiger partial charge in [-0.2, -0.15) is 0 Å². The Hall–Kier alpha value is -1.84. The van der Waals surface area contributed by atoms with Crippen LogP contribution < -0.4 is 5.32 Å². The van der Waals surface area contributed by atoms with Crippen molar-refractivity contribution in [3.8, 4) is 0 Å². The molecule has 2 aromatic rings. The second-order valence-electron chi connectivity index (χ2n) is 5.79. The molecule has 1 aromatic heterocycles. The lowest BCUT2D eigenvalue weighted by Crippen LogP contribution is -2.31. The van der Waals surface area contributed by atoms with Gasteiger partial charge in [0.05, 0.1) is 11.0 Å². The smallest absolute Gasteiger partial charge is 0.251 e. The van der Waals surface area contributed by atoms with Gasteiger partial charge in [0.25, 0.3) is 5.91 Å². The van der Waals surface area contributed by atoms with E-state index in [9.17, 15) is 4.79 Å². The van der Waals surface area contributed by atoms with Crippen molar-refractivity contribution in [1.29, 1.82) is 0 Å². The van der Waals surface area contributed by atoms with Gasteiger partial charge >= 0.3 is 0 Å². The Kier molecular flexibility index (Phi) is 3.24. The summed E-state index contributed by atoms with van der Waals surface area (Å²) in [5, 5.41) is 2.99. The van der Waals surface area contributed by atoms with Crippen molar-refractivity contribution < 1.29 is 4.79 Å². The van der Waals surface area contributed by atoms with Gasteiger partial charge in [0, 0.05) is 24.6 Å². The lowest BCUT2D eigenvalue weighted by atomic mass is 10.1. The van der Waals surface area contributed by atoms with Gasteiger partial charge in [0.15, 0.2) is 0 Å². The third-order valence-electron chi connectivity index (χ3n) is 4.11. The van der Waals surface area contributed by atoms with Crippen LogP contribution in [0.3, 0.4) is 0 Å². The molecule has 20 heavy (non-hydrogen) atoms. The molecule has 1 amide bonds. The summed E-state index contributed by atoms with van der Waals surface area (Å²) >= 11 is 0. The molecule has 0 aliphatic heterocycles. The average Bonchev–Trinajstić information content (AvgIpc) is 3.23. The fourth-order valence-corrected chi connectivity index (χ4v) is 2.48. The van der Waals surface area contributed by atoms with E-state index in [2.05, 4.69) is 23.9 Å². The minimum absolute atomic E-state index is 0.0140. The highest BCUT2D eigenvalue weighted by Crippen LogP contribution is 2.40. The Morgan fingerprint density at radius 3 is 2.90 bits per heavy atom. The van der Waals surface area contributed by atoms with Crippen molar-refractivity contribution in [2.24, 2.45) is 7.05 Å². The second-order valence-corrected chi connectivity index (χ2v) is 5.79. The molecule has 0 radical (unpaired) electrons. The molecule has 1 aromatic carbocycles. The van der Waals surface area contributed by atoms with E-state index < -0.39 is 0 Å². The number of carbonyl (C=O) groups is 1. The molecule has 106 valence electrons. The molecular weight excluding hydrogens is 250 g/mol. The van der Waals surface area contributed by atoms with E-state index in [1.165, 1.54) is 12.8 Å². The van der Waals surface area contributed by atoms with E-state index in [1.54, 1.807) is 0 Å². The zero-order chi connectivity index (χ0) is 14.3. The molecule has 1 aliphatic carbocycles. The summed E-state index contributed by atoms with van der Waals surface area (Å²) in [5.41, 5.74) is 2.72. The number of carbonyl (C=O) groups excluding carboxylic acids is 1. The van der Waals surface area contributed by atoms with Gasteiger partial charge in [-0.15, -0.1) is 0 Å². The number of nitrogens with zero attached hydrogens (tertiary/aromatic N) is 2. The number of rotatable bonds is 4. The zero-order valence-corrected chi connectivity index (χ0v) is 12.3. The molecule has 0 saturated heterocycles. The summed E-state index contributed by atoms with van der Waals surface area (Å²) in [6, 6.07) is 5.99. The Bertz CT molecular complexity index is 655. The van der Waals surface area contributed by atoms with Crippen LogP contribution in [0.1, 0.15) is 55.2 Å². The highest BCUT2D eigenvalue weighted by Gasteiger charge is 2.28. The molecule has 1 saturated carbocycles. The number of aromatic nitrogens is 2. The number of aryl methyl sites for hydroxylation is 1. The zero-order valence-electron chi connectivity index (χ0n) is 12.3. The Balaban J connectivity index is 1.92. The van der Waals surface area contributed by atoms with Gasteiger partial charge in [0.1, 0.15) is 5.82 Å². The largest absolute Gasteiger partial charge is 0.350 e. The summed E-state index contributed by atoms with van der Waals surface area (Å²) in [4.78, 5) is 16.8. The molecule has 1 atom stereocenters. The molecule has 0 spiro atoms. The lowest BCUT2D eigenvalue weighted by molar-refractivity contribution is 0.0939. The maximum absolute atomic E-state index is 12.1. The summed E-state index contributed by atoms with van der Waals surface area (Å²) in [7, 11) is 2.06. The summed E-state index contributed by atoms with van der Waals surface area (Å²) in [5.74, 6) is 1.75. The Labute approximate surface area is 119 Å². The number of hydrogen-bond donors (Lipinski definition) is 1. The van der Waals surface area contributed by atoms with E-state index in [4.69, 9.17) is 4.98 Å². The molecule has 1 unspecified atom stereocenters. The van der Waals surface area contributed by atoms with E-state index in [1.807, 2.05) is 25.1 Å². The first-order chi connectivity index (χ1) is 9.60. The van der Waals surface area contributed by atoms with Crippen molar-refractivity contribution in [3.05, 3.63) is 29.6 Å². The first kappa shape index (κ1) is 13.2. The van der Waals surface area contributed by atoms with Crippen LogP contribution in [0.2, 0.25) is 0 Å². The minimum Gasteiger partial charge on any atom is -0.350 e. The van der Waals surface area contributed by atoms with Crippen LogP contribution in [0.5, 0.6) is 0 Å². The highest BCUT2D eigenvalue weighted by molar-refractivity contribution is 5.97. The second kappa shape index (κ2) is 4.93. The van der Waals surface area contributed by atoms with Crippen molar-refractivity contribution in [3.63, 3.8) is 0 Å². The number of fused-ring (bicyclic) bond motifs is 1. The van der Waals surface area contributed by atoms with Gasteiger partial charge in [0.2, 0.25) is 0 Å². The van der Waals surface area contributed by atoms with Crippen molar-refractivity contribution in [2.45, 2.75) is 45.1 Å². The van der Waals surface area contributed by atoms with E-state index in [0.29, 0.717) is 11.5 Å². The SMILES string of the molecule is CCC(C)NC(=O)c1ccc2c(c1)nc(C1CC1)n2C. The van der Waals surface area contributed by atoms with Gasteiger partial charge < -0.3 is 9.88 Å². The number of hydrogen-bond acceptors (Lipinski definition) is 2. The summed E-state index contributed by atoms with van der Waals surface area (Å²) in [6.07, 6.45) is 3.40. The van der Waals surface area contributed by atoms with Crippen LogP contribution in [0, 0.1) is 0 Å². The molecule has 1 fully saturated rings. The average molecular weight is 271 g/mol. The van der Waals surface area contributed by atoms with Crippen LogP contribution in [0.25, 0.3) is 11.0 Å². The molecule has 1 aliphatic rings. The van der Waals surface area contributed by atoms with Gasteiger partial charge in [-0.05, 0) is 44.4 Å². The van der Waals surface area contributed by atoms with Gasteiger partial charge in [-0.1, -0.05) is 6.92 Å². The first-order valence-electron chi connectivity index (χ1n) is 7.37. The van der Waals surface area contributed by atoms with E-state index in [-0.39, 0.29) is 11.9 Å². The number of nitrogens with one attached hydrogen (secondary N) is 1. The monoisotopic (exact) mass is 271 g/mol. The quantitative estimate of drug-likeness (QED) is 0.929. The molecule has 0 bridgehead atoms. The predicted octanol–water partition coefficient (Wildman–Crippen LogP) is 2.98. The molecular formula is C16H21N3O. The summed E-state index contributed by atoms with van der Waals surface area (Å²) < 4.78 is 2.16. The standard InChI is InChI=1S/C16H21N3O/c1-4-10(2)17-16(20)12-7-8-14-13(9-12)18-15(19(14)3)11-5-6-11/h7-11H,4-6H2,1-3H3,(H,17,20). The van der Waals surface area contributed by atoms with Crippen LogP contribution in [0.15, 0.2) is 18.2 Å². The van der Waals surface area contributed by atoms with Crippen LogP contribution >= 0.6 is 0 Å². The fourth-order valence-electron chi connectivity index (χ4n) is 2.48. The Morgan fingerprint density at radius 1 is 1.50 bits per heavy atom. The molecule has 1 heterocycles. The Morgan fingerprint density at radius 2 is 2.25 bits per heavy atom. The first-order valence-corrected chi connectivity index (χ1v) is 7.37. The van der Waals surface area contributed by atoms with Crippen LogP contribution in [0.4, 0.5) is 0 Å². The van der Waals surface area contributed by atoms with Gasteiger partial charge in [-0.3, -0.25) is 4.79 Å². The van der Waals surface area contributed by atoms with E-state index in [0.717, 1.165) is 23.3 Å². The third-order valence-corrected chi connectivity index (χ3v) is 4.11. The minimum atomic E-state index is -0.0140. The molecule has 4 nitrogen and oxygen atoms in total. The maximum atomic E-state index is 12.1. The molecule has 4 heteroatoms. The van der Waals surface area contributed by atoms with Crippen molar-refractivity contribution >= 4 is 16.9 Å². The predicted molar refractivity (Wildman–Crippen MR) is 79.9 cm³/mol. The number of imidazole rings is 1. The van der Waals surface area contributed by atoms with E-state index >= 15 is 0 Å². The normalized spacial score (nSPS) is 16.4.